The van der Waals surface area contributed by atoms with E-state index in [0.717, 1.165) is 6.42 Å². The lowest BCUT2D eigenvalue weighted by Gasteiger charge is -2.38. The molecule has 1 unspecified atom stereocenters. The molecule has 4 nitrogen and oxygen atoms in total. The third kappa shape index (κ3) is 3.67. The van der Waals surface area contributed by atoms with Crippen LogP contribution in [0.3, 0.4) is 0 Å². The maximum Gasteiger partial charge on any atom is 0.259 e. The first-order valence-electron chi connectivity index (χ1n) is 9.20. The van der Waals surface area contributed by atoms with Crippen LogP contribution in [0.5, 0.6) is 0 Å². The van der Waals surface area contributed by atoms with E-state index in [1.807, 2.05) is 6.08 Å². The van der Waals surface area contributed by atoms with Crippen LogP contribution < -0.4 is 5.73 Å². The number of nitrogens with two attached hydrogens (primary N) is 1. The second-order valence-corrected chi connectivity index (χ2v) is 7.33. The Morgan fingerprint density at radius 3 is 2.62 bits per heavy atom. The normalized spacial score (nSPS) is 24.8. The van der Waals surface area contributed by atoms with Crippen LogP contribution in [0.2, 0.25) is 0 Å². The topological polar surface area (TPSA) is 66.6 Å². The molecule has 0 radical (unpaired) electrons. The minimum absolute atomic E-state index is 0.131. The molecule has 1 aromatic rings. The smallest absolute Gasteiger partial charge is 0.259 e. The molecule has 1 amide bonds. The summed E-state index contributed by atoms with van der Waals surface area (Å²) in [4.78, 5) is 14.8. The highest BCUT2D eigenvalue weighted by Gasteiger charge is 2.54. The number of carbonyl (C=O) groups is 1. The molecule has 2 aliphatic rings. The van der Waals surface area contributed by atoms with Crippen LogP contribution in [0.4, 0.5) is 8.78 Å². The van der Waals surface area contributed by atoms with Gasteiger partial charge in [-0.25, -0.2) is 8.78 Å². The zero-order valence-corrected chi connectivity index (χ0v) is 14.8. The summed E-state index contributed by atoms with van der Waals surface area (Å²) in [6.07, 6.45) is 2.83. The van der Waals surface area contributed by atoms with Gasteiger partial charge in [-0.15, -0.1) is 0 Å². The number of hydrogen-bond donors (Lipinski definition) is 2. The van der Waals surface area contributed by atoms with Crippen LogP contribution in [0.1, 0.15) is 37.7 Å². The Morgan fingerprint density at radius 2 is 2.08 bits per heavy atom. The number of nitrogens with zero attached hydrogens (tertiary/aromatic N) is 1. The molecule has 0 spiro atoms. The van der Waals surface area contributed by atoms with Crippen molar-refractivity contribution in [1.82, 2.24) is 4.90 Å². The van der Waals surface area contributed by atoms with Gasteiger partial charge < -0.3 is 15.7 Å². The maximum absolute atomic E-state index is 13.8. The molecule has 0 saturated heterocycles. The van der Waals surface area contributed by atoms with E-state index in [4.69, 9.17) is 5.73 Å². The third-order valence-corrected chi connectivity index (χ3v) is 5.59. The fourth-order valence-corrected chi connectivity index (χ4v) is 4.08. The standard InChI is InChI=1S/C20H26F2N2O2/c21-19(22)10-6-17(14-19)20(26,16-4-2-1-3-5-16)18(25)24-12-8-15(7-11-23)9-13-24/h1-5,8,17,26H,6-7,9-14,23H2/t17-,20?/m1/s1. The largest absolute Gasteiger partial charge is 0.375 e. The highest BCUT2D eigenvalue weighted by Crippen LogP contribution is 2.48. The molecule has 1 heterocycles. The zero-order chi connectivity index (χ0) is 18.8. The lowest BCUT2D eigenvalue weighted by molar-refractivity contribution is -0.160. The Kier molecular flexibility index (Phi) is 5.44. The molecule has 0 bridgehead atoms. The number of amides is 1. The van der Waals surface area contributed by atoms with E-state index in [2.05, 4.69) is 0 Å². The van der Waals surface area contributed by atoms with Crippen molar-refractivity contribution in [1.29, 1.82) is 0 Å². The highest BCUT2D eigenvalue weighted by atomic mass is 19.3. The van der Waals surface area contributed by atoms with E-state index in [0.29, 0.717) is 31.6 Å². The average Bonchev–Trinajstić information content (AvgIpc) is 3.02. The van der Waals surface area contributed by atoms with Crippen molar-refractivity contribution in [3.8, 4) is 0 Å². The summed E-state index contributed by atoms with van der Waals surface area (Å²) in [6.45, 7) is 1.42. The molecular formula is C20H26F2N2O2. The summed E-state index contributed by atoms with van der Waals surface area (Å²) in [5.74, 6) is -4.10. The molecular weight excluding hydrogens is 338 g/mol. The van der Waals surface area contributed by atoms with Crippen LogP contribution >= 0.6 is 0 Å². The molecule has 142 valence electrons. The molecule has 3 N–H and O–H groups in total. The SMILES string of the molecule is NCCC1=CCN(C(=O)C(O)(c2ccccc2)[C@@H]2CCC(F)(F)C2)CC1. The Bertz CT molecular complexity index is 678. The quantitative estimate of drug-likeness (QED) is 0.790. The van der Waals surface area contributed by atoms with Gasteiger partial charge in [0.05, 0.1) is 0 Å². The van der Waals surface area contributed by atoms with E-state index in [1.54, 1.807) is 35.2 Å². The predicted octanol–water partition coefficient (Wildman–Crippen LogP) is 2.82. The van der Waals surface area contributed by atoms with E-state index in [-0.39, 0.29) is 12.8 Å². The molecule has 3 rings (SSSR count). The number of rotatable bonds is 5. The lowest BCUT2D eigenvalue weighted by Crippen LogP contribution is -2.52. The number of carbonyl (C=O) groups excluding carboxylic acids is 1. The van der Waals surface area contributed by atoms with Crippen molar-refractivity contribution in [3.05, 3.63) is 47.5 Å². The van der Waals surface area contributed by atoms with Crippen molar-refractivity contribution in [2.75, 3.05) is 19.6 Å². The monoisotopic (exact) mass is 364 g/mol. The van der Waals surface area contributed by atoms with E-state index in [9.17, 15) is 18.7 Å². The maximum atomic E-state index is 13.8. The predicted molar refractivity (Wildman–Crippen MR) is 95.6 cm³/mol. The van der Waals surface area contributed by atoms with Gasteiger partial charge in [-0.1, -0.05) is 42.0 Å². The first-order chi connectivity index (χ1) is 12.4. The number of halogens is 2. The number of alkyl halides is 2. The van der Waals surface area contributed by atoms with Crippen molar-refractivity contribution in [2.24, 2.45) is 11.7 Å². The van der Waals surface area contributed by atoms with Gasteiger partial charge in [0.15, 0.2) is 5.60 Å². The Balaban J connectivity index is 1.88. The van der Waals surface area contributed by atoms with Crippen molar-refractivity contribution in [3.63, 3.8) is 0 Å². The third-order valence-electron chi connectivity index (χ3n) is 5.59. The van der Waals surface area contributed by atoms with Gasteiger partial charge in [0.1, 0.15) is 0 Å². The minimum Gasteiger partial charge on any atom is -0.375 e. The summed E-state index contributed by atoms with van der Waals surface area (Å²) >= 11 is 0. The van der Waals surface area contributed by atoms with Gasteiger partial charge >= 0.3 is 0 Å². The fourth-order valence-electron chi connectivity index (χ4n) is 4.08. The van der Waals surface area contributed by atoms with Gasteiger partial charge in [0, 0.05) is 31.8 Å². The van der Waals surface area contributed by atoms with Crippen molar-refractivity contribution < 1.29 is 18.7 Å². The number of hydrogen-bond acceptors (Lipinski definition) is 3. The van der Waals surface area contributed by atoms with Crippen LogP contribution in [0, 0.1) is 5.92 Å². The first kappa shape index (κ1) is 19.0. The molecule has 26 heavy (non-hydrogen) atoms. The lowest BCUT2D eigenvalue weighted by atomic mass is 9.78. The number of aliphatic hydroxyl groups is 1. The molecule has 0 aromatic heterocycles. The second-order valence-electron chi connectivity index (χ2n) is 7.33. The van der Waals surface area contributed by atoms with Gasteiger partial charge in [-0.05, 0) is 31.4 Å². The number of benzene rings is 1. The molecule has 1 fully saturated rings. The summed E-state index contributed by atoms with van der Waals surface area (Å²) in [7, 11) is 0. The highest BCUT2D eigenvalue weighted by molar-refractivity contribution is 5.87. The van der Waals surface area contributed by atoms with Crippen LogP contribution in [-0.2, 0) is 10.4 Å². The fraction of sp³-hybridized carbons (Fsp3) is 0.550. The molecule has 2 atom stereocenters. The van der Waals surface area contributed by atoms with Gasteiger partial charge in [-0.3, -0.25) is 4.79 Å². The average molecular weight is 364 g/mol. The van der Waals surface area contributed by atoms with Gasteiger partial charge in [0.2, 0.25) is 5.92 Å². The van der Waals surface area contributed by atoms with E-state index in [1.165, 1.54) is 5.57 Å². The Labute approximate surface area is 152 Å². The minimum atomic E-state index is -2.83. The second kappa shape index (κ2) is 7.45. The summed E-state index contributed by atoms with van der Waals surface area (Å²) in [5.41, 5.74) is 5.25. The van der Waals surface area contributed by atoms with Crippen LogP contribution in [0.25, 0.3) is 0 Å². The molecule has 6 heteroatoms. The molecule has 1 aliphatic carbocycles. The first-order valence-corrected chi connectivity index (χ1v) is 9.20. The van der Waals surface area contributed by atoms with E-state index >= 15 is 0 Å². The molecule has 1 aromatic carbocycles. The summed E-state index contributed by atoms with van der Waals surface area (Å²) in [5, 5.41) is 11.4. The van der Waals surface area contributed by atoms with Gasteiger partial charge in [-0.2, -0.15) is 0 Å². The van der Waals surface area contributed by atoms with E-state index < -0.39 is 29.8 Å². The van der Waals surface area contributed by atoms with Crippen molar-refractivity contribution in [2.45, 2.75) is 43.6 Å². The Hall–Kier alpha value is -1.79. The van der Waals surface area contributed by atoms with Gasteiger partial charge in [0.25, 0.3) is 5.91 Å². The van der Waals surface area contributed by atoms with Crippen LogP contribution in [0.15, 0.2) is 42.0 Å². The molecule has 1 saturated carbocycles. The van der Waals surface area contributed by atoms with Crippen LogP contribution in [-0.4, -0.2) is 41.5 Å². The summed E-state index contributed by atoms with van der Waals surface area (Å²) < 4.78 is 27.6. The van der Waals surface area contributed by atoms with Crippen molar-refractivity contribution >= 4 is 5.91 Å². The zero-order valence-electron chi connectivity index (χ0n) is 14.8. The molecule has 1 aliphatic heterocycles. The Morgan fingerprint density at radius 1 is 1.35 bits per heavy atom. The summed E-state index contributed by atoms with van der Waals surface area (Å²) in [6, 6.07) is 8.51.